The molecule has 2 aliphatic heterocycles. The second kappa shape index (κ2) is 8.47. The van der Waals surface area contributed by atoms with Crippen molar-refractivity contribution in [1.82, 2.24) is 15.1 Å². The van der Waals surface area contributed by atoms with E-state index < -0.39 is 23.8 Å². The first-order valence-corrected chi connectivity index (χ1v) is 11.0. The molecule has 33 heavy (non-hydrogen) atoms. The van der Waals surface area contributed by atoms with Crippen LogP contribution in [-0.2, 0) is 0 Å². The third-order valence-corrected chi connectivity index (χ3v) is 6.31. The number of nitrogens with one attached hydrogen (secondary N) is 2. The van der Waals surface area contributed by atoms with Gasteiger partial charge in [0.15, 0.2) is 0 Å². The monoisotopic (exact) mass is 453 g/mol. The number of fused-ring (bicyclic) bond motifs is 1. The van der Waals surface area contributed by atoms with Gasteiger partial charge >= 0.3 is 0 Å². The number of rotatable bonds is 5. The Bertz CT molecular complexity index is 1150. The van der Waals surface area contributed by atoms with Gasteiger partial charge in [0.2, 0.25) is 0 Å². The van der Waals surface area contributed by atoms with E-state index in [1.807, 2.05) is 30.3 Å². The molecule has 7 nitrogen and oxygen atoms in total. The summed E-state index contributed by atoms with van der Waals surface area (Å²) in [6, 6.07) is 16.0. The first kappa shape index (κ1) is 21.4. The molecule has 3 heterocycles. The topological polar surface area (TPSA) is 94.2 Å². The SMILES string of the molecule is NC(=O)c1c(-c2ccc(Oc3ccccc3)cc2)nn2c1NCC[C@H]2C1CCNCC1(F)F. The highest BCUT2D eigenvalue weighted by Crippen LogP contribution is 2.44. The lowest BCUT2D eigenvalue weighted by Gasteiger charge is -2.39. The third-order valence-electron chi connectivity index (χ3n) is 6.31. The van der Waals surface area contributed by atoms with Crippen LogP contribution in [0.1, 0.15) is 29.2 Å². The van der Waals surface area contributed by atoms with Gasteiger partial charge in [0.05, 0.1) is 12.6 Å². The second-order valence-electron chi connectivity index (χ2n) is 8.44. The Kier molecular flexibility index (Phi) is 5.49. The maximum absolute atomic E-state index is 14.7. The van der Waals surface area contributed by atoms with Crippen LogP contribution in [0.3, 0.4) is 0 Å². The number of anilines is 1. The van der Waals surface area contributed by atoms with Crippen molar-refractivity contribution < 1.29 is 18.3 Å². The maximum atomic E-state index is 14.7. The summed E-state index contributed by atoms with van der Waals surface area (Å²) in [6.07, 6.45) is 0.833. The summed E-state index contributed by atoms with van der Waals surface area (Å²) < 4.78 is 36.8. The highest BCUT2D eigenvalue weighted by atomic mass is 19.3. The van der Waals surface area contributed by atoms with Crippen molar-refractivity contribution >= 4 is 11.7 Å². The lowest BCUT2D eigenvalue weighted by Crippen LogP contribution is -2.50. The van der Waals surface area contributed by atoms with Crippen LogP contribution in [0.4, 0.5) is 14.6 Å². The molecule has 1 aromatic heterocycles. The minimum absolute atomic E-state index is 0.216. The molecule has 5 rings (SSSR count). The average Bonchev–Trinajstić information content (AvgIpc) is 3.20. The summed E-state index contributed by atoms with van der Waals surface area (Å²) in [7, 11) is 0. The zero-order valence-corrected chi connectivity index (χ0v) is 17.9. The molecule has 1 amide bonds. The molecule has 2 aliphatic rings. The Morgan fingerprint density at radius 2 is 1.79 bits per heavy atom. The maximum Gasteiger partial charge on any atom is 0.265 e. The van der Waals surface area contributed by atoms with E-state index in [1.165, 1.54) is 0 Å². The lowest BCUT2D eigenvalue weighted by atomic mass is 9.84. The van der Waals surface area contributed by atoms with Crippen molar-refractivity contribution in [2.45, 2.75) is 24.8 Å². The molecular formula is C24H25F2N5O2. The van der Waals surface area contributed by atoms with Crippen LogP contribution in [0, 0.1) is 5.92 Å². The van der Waals surface area contributed by atoms with E-state index in [1.54, 1.807) is 28.9 Å². The second-order valence-corrected chi connectivity index (χ2v) is 8.44. The molecule has 3 aromatic rings. The van der Waals surface area contributed by atoms with E-state index >= 15 is 0 Å². The van der Waals surface area contributed by atoms with Crippen LogP contribution in [-0.4, -0.2) is 41.2 Å². The molecule has 9 heteroatoms. The number of halogens is 2. The Hall–Kier alpha value is -3.46. The Morgan fingerprint density at radius 3 is 2.48 bits per heavy atom. The number of alkyl halides is 2. The minimum Gasteiger partial charge on any atom is -0.457 e. The van der Waals surface area contributed by atoms with E-state index in [0.29, 0.717) is 54.5 Å². The molecule has 0 saturated carbocycles. The number of hydrogen-bond acceptors (Lipinski definition) is 5. The minimum atomic E-state index is -2.85. The number of ether oxygens (including phenoxy) is 1. The molecule has 0 aliphatic carbocycles. The van der Waals surface area contributed by atoms with Gasteiger partial charge in [-0.2, -0.15) is 5.10 Å². The molecule has 1 fully saturated rings. The lowest BCUT2D eigenvalue weighted by molar-refractivity contribution is -0.0945. The highest BCUT2D eigenvalue weighted by molar-refractivity contribution is 6.03. The molecule has 1 unspecified atom stereocenters. The zero-order valence-electron chi connectivity index (χ0n) is 17.9. The molecule has 1 saturated heterocycles. The number of piperidine rings is 1. The smallest absolute Gasteiger partial charge is 0.265 e. The molecule has 0 spiro atoms. The standard InChI is InChI=1S/C24H25F2N5O2/c25-24(26)14-28-12-10-18(24)19-11-13-29-23-20(22(27)32)21(30-31(19)23)15-6-8-17(9-7-15)33-16-4-2-1-3-5-16/h1-9,18-19,28-29H,10-14H2,(H2,27,32)/t18?,19-/m0/s1. The van der Waals surface area contributed by atoms with E-state index in [9.17, 15) is 13.6 Å². The fourth-order valence-electron chi connectivity index (χ4n) is 4.75. The van der Waals surface area contributed by atoms with Gasteiger partial charge in [0, 0.05) is 18.0 Å². The number of carbonyl (C=O) groups is 1. The Balaban J connectivity index is 1.50. The summed E-state index contributed by atoms with van der Waals surface area (Å²) in [5.41, 5.74) is 6.96. The normalized spacial score (nSPS) is 21.6. The summed E-state index contributed by atoms with van der Waals surface area (Å²) in [5, 5.41) is 10.6. The van der Waals surface area contributed by atoms with Gasteiger partial charge in [-0.25, -0.2) is 13.5 Å². The molecule has 2 atom stereocenters. The highest BCUT2D eigenvalue weighted by Gasteiger charge is 2.48. The molecule has 0 bridgehead atoms. The molecule has 0 radical (unpaired) electrons. The van der Waals surface area contributed by atoms with Crippen molar-refractivity contribution in [2.24, 2.45) is 11.7 Å². The number of para-hydroxylation sites is 1. The quantitative estimate of drug-likeness (QED) is 0.542. The van der Waals surface area contributed by atoms with Gasteiger partial charge in [-0.15, -0.1) is 0 Å². The summed E-state index contributed by atoms with van der Waals surface area (Å²) in [6.45, 7) is 0.649. The number of nitrogens with zero attached hydrogens (tertiary/aromatic N) is 2. The van der Waals surface area contributed by atoms with Gasteiger partial charge in [-0.05, 0) is 55.8 Å². The van der Waals surface area contributed by atoms with Gasteiger partial charge < -0.3 is 21.1 Å². The predicted octanol–water partition coefficient (Wildman–Crippen LogP) is 4.04. The number of hydrogen-bond donors (Lipinski definition) is 3. The molecular weight excluding hydrogens is 428 g/mol. The Labute approximate surface area is 189 Å². The van der Waals surface area contributed by atoms with Crippen LogP contribution < -0.4 is 21.1 Å². The van der Waals surface area contributed by atoms with E-state index in [-0.39, 0.29) is 12.1 Å². The fourth-order valence-corrected chi connectivity index (χ4v) is 4.75. The van der Waals surface area contributed by atoms with Crippen molar-refractivity contribution in [2.75, 3.05) is 25.0 Å². The first-order chi connectivity index (χ1) is 15.9. The number of aromatic nitrogens is 2. The van der Waals surface area contributed by atoms with Crippen molar-refractivity contribution in [3.05, 3.63) is 60.2 Å². The first-order valence-electron chi connectivity index (χ1n) is 11.0. The largest absolute Gasteiger partial charge is 0.457 e. The van der Waals surface area contributed by atoms with Crippen molar-refractivity contribution in [1.29, 1.82) is 0 Å². The molecule has 4 N–H and O–H groups in total. The van der Waals surface area contributed by atoms with Crippen LogP contribution >= 0.6 is 0 Å². The summed E-state index contributed by atoms with van der Waals surface area (Å²) in [4.78, 5) is 12.4. The van der Waals surface area contributed by atoms with Gasteiger partial charge in [0.25, 0.3) is 11.8 Å². The summed E-state index contributed by atoms with van der Waals surface area (Å²) in [5.74, 6) is -2.63. The number of benzene rings is 2. The van der Waals surface area contributed by atoms with Crippen molar-refractivity contribution in [3.8, 4) is 22.8 Å². The Morgan fingerprint density at radius 1 is 1.06 bits per heavy atom. The number of amides is 1. The predicted molar refractivity (Wildman–Crippen MR) is 121 cm³/mol. The van der Waals surface area contributed by atoms with E-state index in [0.717, 1.165) is 0 Å². The fraction of sp³-hybridized carbons (Fsp3) is 0.333. The molecule has 2 aromatic carbocycles. The van der Waals surface area contributed by atoms with Gasteiger partial charge in [-0.3, -0.25) is 4.79 Å². The van der Waals surface area contributed by atoms with Crippen LogP contribution in [0.25, 0.3) is 11.3 Å². The van der Waals surface area contributed by atoms with Crippen LogP contribution in [0.15, 0.2) is 54.6 Å². The van der Waals surface area contributed by atoms with Crippen molar-refractivity contribution in [3.63, 3.8) is 0 Å². The number of primary amides is 1. The summed E-state index contributed by atoms with van der Waals surface area (Å²) >= 11 is 0. The third kappa shape index (κ3) is 4.04. The number of carbonyl (C=O) groups excluding carboxylic acids is 1. The number of nitrogens with two attached hydrogens (primary N) is 1. The average molecular weight is 453 g/mol. The molecule has 172 valence electrons. The van der Waals surface area contributed by atoms with E-state index in [4.69, 9.17) is 10.5 Å². The van der Waals surface area contributed by atoms with Gasteiger partial charge in [-0.1, -0.05) is 18.2 Å². The van der Waals surface area contributed by atoms with Crippen LogP contribution in [0.2, 0.25) is 0 Å². The van der Waals surface area contributed by atoms with Crippen LogP contribution in [0.5, 0.6) is 11.5 Å². The van der Waals surface area contributed by atoms with E-state index in [2.05, 4.69) is 15.7 Å². The zero-order chi connectivity index (χ0) is 23.0. The van der Waals surface area contributed by atoms with Gasteiger partial charge in [0.1, 0.15) is 28.6 Å².